The number of carboxylic acid groups (broad SMARTS) is 1. The van der Waals surface area contributed by atoms with Gasteiger partial charge in [0.05, 0.1) is 5.56 Å². The van der Waals surface area contributed by atoms with Gasteiger partial charge in [0.25, 0.3) is 5.91 Å². The third-order valence-electron chi connectivity index (χ3n) is 4.79. The van der Waals surface area contributed by atoms with Crippen LogP contribution in [0.2, 0.25) is 0 Å². The molecule has 3 rings (SSSR count). The summed E-state index contributed by atoms with van der Waals surface area (Å²) >= 11 is 0. The van der Waals surface area contributed by atoms with Crippen LogP contribution in [0, 0.1) is 6.92 Å². The van der Waals surface area contributed by atoms with Gasteiger partial charge < -0.3 is 10.0 Å². The molecule has 1 aliphatic rings. The van der Waals surface area contributed by atoms with Crippen LogP contribution in [0.5, 0.6) is 0 Å². The third-order valence-corrected chi connectivity index (χ3v) is 4.79. The summed E-state index contributed by atoms with van der Waals surface area (Å²) < 4.78 is 0. The number of aryl methyl sites for hydroxylation is 1. The second-order valence-electron chi connectivity index (χ2n) is 6.31. The molecule has 1 N–H and O–H groups in total. The van der Waals surface area contributed by atoms with Crippen LogP contribution in [-0.4, -0.2) is 35.0 Å². The van der Waals surface area contributed by atoms with Gasteiger partial charge in [-0.25, -0.2) is 4.79 Å². The molecular weight excluding hydrogens is 302 g/mol. The van der Waals surface area contributed by atoms with Crippen molar-refractivity contribution in [2.24, 2.45) is 0 Å². The Hall–Kier alpha value is -2.62. The minimum Gasteiger partial charge on any atom is -0.478 e. The predicted molar refractivity (Wildman–Crippen MR) is 92.5 cm³/mol. The molecule has 0 saturated carbocycles. The van der Waals surface area contributed by atoms with Crippen molar-refractivity contribution < 1.29 is 14.7 Å². The lowest BCUT2D eigenvalue weighted by atomic mass is 9.87. The van der Waals surface area contributed by atoms with Crippen LogP contribution in [0.4, 0.5) is 0 Å². The molecule has 0 spiro atoms. The van der Waals surface area contributed by atoms with Crippen LogP contribution in [0.15, 0.2) is 48.5 Å². The highest BCUT2D eigenvalue weighted by atomic mass is 16.4. The van der Waals surface area contributed by atoms with Crippen molar-refractivity contribution in [1.29, 1.82) is 0 Å². The molecule has 1 amide bonds. The van der Waals surface area contributed by atoms with E-state index in [1.165, 1.54) is 23.3 Å². The average molecular weight is 323 g/mol. The van der Waals surface area contributed by atoms with Crippen LogP contribution in [0.25, 0.3) is 0 Å². The van der Waals surface area contributed by atoms with Gasteiger partial charge in [0.15, 0.2) is 0 Å². The third kappa shape index (κ3) is 3.32. The van der Waals surface area contributed by atoms with Crippen molar-refractivity contribution in [3.05, 3.63) is 70.8 Å². The number of hydrogen-bond acceptors (Lipinski definition) is 2. The van der Waals surface area contributed by atoms with Crippen LogP contribution in [0.1, 0.15) is 50.6 Å². The van der Waals surface area contributed by atoms with Crippen LogP contribution < -0.4 is 0 Å². The summed E-state index contributed by atoms with van der Waals surface area (Å²) in [5.41, 5.74) is 3.45. The lowest BCUT2D eigenvalue weighted by molar-refractivity contribution is 0.0689. The van der Waals surface area contributed by atoms with Gasteiger partial charge in [-0.2, -0.15) is 0 Å². The lowest BCUT2D eigenvalue weighted by Gasteiger charge is -2.33. The maximum Gasteiger partial charge on any atom is 0.335 e. The first kappa shape index (κ1) is 16.2. The zero-order chi connectivity index (χ0) is 17.1. The SMILES string of the molecule is Cc1ccccc1C1CCN(C(=O)c2ccc(C(=O)O)cc2)CC1. The Kier molecular flexibility index (Phi) is 4.65. The molecule has 4 nitrogen and oxygen atoms in total. The van der Waals surface area contributed by atoms with Gasteiger partial charge in [0, 0.05) is 18.7 Å². The van der Waals surface area contributed by atoms with E-state index in [2.05, 4.69) is 31.2 Å². The number of benzene rings is 2. The number of carboxylic acids is 1. The number of carbonyl (C=O) groups is 2. The minimum atomic E-state index is -0.979. The van der Waals surface area contributed by atoms with E-state index in [0.29, 0.717) is 11.5 Å². The topological polar surface area (TPSA) is 57.6 Å². The van der Waals surface area contributed by atoms with E-state index in [1.807, 2.05) is 4.90 Å². The van der Waals surface area contributed by atoms with Crippen molar-refractivity contribution in [2.75, 3.05) is 13.1 Å². The monoisotopic (exact) mass is 323 g/mol. The molecule has 1 heterocycles. The summed E-state index contributed by atoms with van der Waals surface area (Å²) in [5, 5.41) is 8.93. The van der Waals surface area contributed by atoms with Crippen molar-refractivity contribution in [2.45, 2.75) is 25.7 Å². The van der Waals surface area contributed by atoms with E-state index in [9.17, 15) is 9.59 Å². The summed E-state index contributed by atoms with van der Waals surface area (Å²) in [5.74, 6) is -0.493. The first-order chi connectivity index (χ1) is 11.6. The highest BCUT2D eigenvalue weighted by Gasteiger charge is 2.25. The first-order valence-corrected chi connectivity index (χ1v) is 8.24. The second-order valence-corrected chi connectivity index (χ2v) is 6.31. The number of nitrogens with zero attached hydrogens (tertiary/aromatic N) is 1. The molecule has 0 aliphatic carbocycles. The molecule has 1 aliphatic heterocycles. The zero-order valence-corrected chi connectivity index (χ0v) is 13.7. The van der Waals surface area contributed by atoms with Crippen LogP contribution in [0.3, 0.4) is 0 Å². The standard InChI is InChI=1S/C20H21NO3/c1-14-4-2-3-5-18(14)15-10-12-21(13-11-15)19(22)16-6-8-17(9-7-16)20(23)24/h2-9,15H,10-13H2,1H3,(H,23,24). The largest absolute Gasteiger partial charge is 0.478 e. The van der Waals surface area contributed by atoms with Gasteiger partial charge >= 0.3 is 5.97 Å². The Morgan fingerprint density at radius 1 is 0.958 bits per heavy atom. The average Bonchev–Trinajstić information content (AvgIpc) is 2.62. The molecule has 2 aromatic carbocycles. The Bertz CT molecular complexity index is 744. The number of hydrogen-bond donors (Lipinski definition) is 1. The molecule has 0 radical (unpaired) electrons. The molecule has 24 heavy (non-hydrogen) atoms. The molecule has 1 saturated heterocycles. The van der Waals surface area contributed by atoms with E-state index in [4.69, 9.17) is 5.11 Å². The Balaban J connectivity index is 1.65. The van der Waals surface area contributed by atoms with Crippen molar-refractivity contribution in [1.82, 2.24) is 4.90 Å². The lowest BCUT2D eigenvalue weighted by Crippen LogP contribution is -2.38. The molecule has 0 unspecified atom stereocenters. The number of carbonyl (C=O) groups excluding carboxylic acids is 1. The molecule has 2 aromatic rings. The quantitative estimate of drug-likeness (QED) is 0.936. The van der Waals surface area contributed by atoms with E-state index < -0.39 is 5.97 Å². The number of piperidine rings is 1. The molecule has 0 aromatic heterocycles. The smallest absolute Gasteiger partial charge is 0.335 e. The fourth-order valence-corrected chi connectivity index (χ4v) is 3.38. The molecule has 4 heteroatoms. The Labute approximate surface area is 141 Å². The molecule has 0 bridgehead atoms. The summed E-state index contributed by atoms with van der Waals surface area (Å²) in [4.78, 5) is 25.3. The van der Waals surface area contributed by atoms with E-state index in [0.717, 1.165) is 25.9 Å². The van der Waals surface area contributed by atoms with Gasteiger partial charge in [0.1, 0.15) is 0 Å². The van der Waals surface area contributed by atoms with Crippen molar-refractivity contribution in [3.8, 4) is 0 Å². The van der Waals surface area contributed by atoms with Gasteiger partial charge in [0.2, 0.25) is 0 Å². The first-order valence-electron chi connectivity index (χ1n) is 8.24. The van der Waals surface area contributed by atoms with Gasteiger partial charge in [-0.1, -0.05) is 24.3 Å². The highest BCUT2D eigenvalue weighted by molar-refractivity contribution is 5.96. The van der Waals surface area contributed by atoms with Gasteiger partial charge in [-0.05, 0) is 61.1 Å². The van der Waals surface area contributed by atoms with E-state index >= 15 is 0 Å². The predicted octanol–water partition coefficient (Wildman–Crippen LogP) is 3.71. The van der Waals surface area contributed by atoms with Crippen LogP contribution in [-0.2, 0) is 0 Å². The molecule has 0 atom stereocenters. The maximum absolute atomic E-state index is 12.6. The number of amides is 1. The summed E-state index contributed by atoms with van der Waals surface area (Å²) in [6, 6.07) is 14.6. The zero-order valence-electron chi connectivity index (χ0n) is 13.7. The van der Waals surface area contributed by atoms with E-state index in [-0.39, 0.29) is 11.5 Å². The Morgan fingerprint density at radius 2 is 1.54 bits per heavy atom. The summed E-state index contributed by atoms with van der Waals surface area (Å²) in [6.07, 6.45) is 1.92. The maximum atomic E-state index is 12.6. The minimum absolute atomic E-state index is 0.0184. The van der Waals surface area contributed by atoms with Gasteiger partial charge in [-0.15, -0.1) is 0 Å². The highest BCUT2D eigenvalue weighted by Crippen LogP contribution is 2.30. The summed E-state index contributed by atoms with van der Waals surface area (Å²) in [7, 11) is 0. The fraction of sp³-hybridized carbons (Fsp3) is 0.300. The Morgan fingerprint density at radius 3 is 2.12 bits per heavy atom. The van der Waals surface area contributed by atoms with Crippen LogP contribution >= 0.6 is 0 Å². The molecule has 124 valence electrons. The normalized spacial score (nSPS) is 15.3. The molecule has 1 fully saturated rings. The number of rotatable bonds is 3. The van der Waals surface area contributed by atoms with Crippen molar-refractivity contribution in [3.63, 3.8) is 0 Å². The fourth-order valence-electron chi connectivity index (χ4n) is 3.38. The van der Waals surface area contributed by atoms with E-state index in [1.54, 1.807) is 12.1 Å². The molecular formula is C20H21NO3. The second kappa shape index (κ2) is 6.87. The number of likely N-dealkylation sites (tertiary alicyclic amines) is 1. The van der Waals surface area contributed by atoms with Gasteiger partial charge in [-0.3, -0.25) is 4.79 Å². The van der Waals surface area contributed by atoms with Crippen molar-refractivity contribution >= 4 is 11.9 Å². The number of aromatic carboxylic acids is 1. The summed E-state index contributed by atoms with van der Waals surface area (Å²) in [6.45, 7) is 3.61.